The fourth-order valence-electron chi connectivity index (χ4n) is 9.92. The van der Waals surface area contributed by atoms with Crippen LogP contribution in [-0.2, 0) is 28.3 Å². The summed E-state index contributed by atoms with van der Waals surface area (Å²) in [6.45, 7) is 3.59. The second-order valence-electron chi connectivity index (χ2n) is 22.5. The summed E-state index contributed by atoms with van der Waals surface area (Å²) in [4.78, 5) is 24.3. The number of hydrogen-bond acceptors (Lipinski definition) is 6. The Labute approximate surface area is 637 Å². The van der Waals surface area contributed by atoms with Crippen molar-refractivity contribution in [3.8, 4) is 69.5 Å². The van der Waals surface area contributed by atoms with Crippen molar-refractivity contribution in [2.45, 2.75) is 26.2 Å². The quantitative estimate of drug-likeness (QED) is 0.0588. The van der Waals surface area contributed by atoms with Crippen molar-refractivity contribution in [1.82, 2.24) is 29.9 Å². The molecule has 0 fully saturated rings. The van der Waals surface area contributed by atoms with E-state index in [0.717, 1.165) is 28.0 Å². The molecular formula is C86H61BrCl2F8N6P2Pd. The third-order valence-corrected chi connectivity index (χ3v) is 20.3. The molecule has 0 N–H and O–H groups in total. The Morgan fingerprint density at radius 2 is 0.679 bits per heavy atom. The van der Waals surface area contributed by atoms with E-state index in [0.29, 0.717) is 38.9 Å². The number of pyridine rings is 2. The number of nitrogens with zero attached hydrogens (tertiary/aromatic N) is 6. The SMILES string of the molecule is C#Cc1ccc(F)cc1.Cc1ccc(-c2cc(C(F)(F)F)nc(-c3cccc(Br)c3)n2)cn1.Cc1ccc(-c2cc(C(F)(F)F)nc(-c3cccc(C#Cc4ccc(F)cc4)c3)n2)cn1.[Cl][Pd][Cl].c1ccc(P(c2ccccc2)c2ccccc2)cc1.c1ccc(P(c2ccccc2)c2ccccc2)cc1. The molecule has 106 heavy (non-hydrogen) atoms. The Hall–Kier alpha value is -10.2. The van der Waals surface area contributed by atoms with E-state index in [4.69, 9.17) is 25.5 Å². The standard InChI is InChI=1S/C25H15F4N3.2C18H15P.C17H11BrF3N3.C8H5F.2ClH.Pd/c1-16-5-10-20(15-30-16)22-14-23(25(27,28)29)32-24(31-22)19-4-2-3-18(13-19)7-6-17-8-11-21(26)12-9-17;2*1-4-10-16(11-5-1)19(17-12-6-2-7-13-17)18-14-8-3-9-15-18;1-10-5-6-12(9-22-10)14-8-15(17(19,20)21)24-16(23-14)11-3-2-4-13(18)7-11;1-2-7-3-5-8(9)6-4-7;;;/h2-5,8-15H,1H3;2*1-15H;2-9H,1H3;1,3-6H;2*1H;/q;;;;;;;+2/p-2. The zero-order valence-corrected chi connectivity index (χ0v) is 62.7. The molecule has 4 heterocycles. The van der Waals surface area contributed by atoms with E-state index in [1.807, 2.05) is 0 Å². The molecule has 0 unspecified atom stereocenters. The van der Waals surface area contributed by atoms with Crippen LogP contribution >= 0.6 is 50.8 Å². The van der Waals surface area contributed by atoms with Crippen LogP contribution in [0.2, 0.25) is 0 Å². The summed E-state index contributed by atoms with van der Waals surface area (Å²) in [6, 6.07) is 98.3. The van der Waals surface area contributed by atoms with Crippen molar-refractivity contribution in [2.24, 2.45) is 0 Å². The van der Waals surface area contributed by atoms with Gasteiger partial charge >= 0.3 is 47.4 Å². The van der Waals surface area contributed by atoms with Gasteiger partial charge in [-0.2, -0.15) is 26.3 Å². The number of halogens is 11. The Kier molecular flexibility index (Phi) is 30.4. The molecule has 6 nitrogen and oxygen atoms in total. The van der Waals surface area contributed by atoms with Crippen LogP contribution in [0.15, 0.2) is 332 Å². The average Bonchev–Trinajstić information content (AvgIpc) is 0.801. The molecule has 0 atom stereocenters. The maximum absolute atomic E-state index is 13.5. The van der Waals surface area contributed by atoms with E-state index in [9.17, 15) is 35.1 Å². The molecule has 0 saturated heterocycles. The molecule has 14 aromatic rings. The van der Waals surface area contributed by atoms with Gasteiger partial charge in [0.2, 0.25) is 0 Å². The summed E-state index contributed by atoms with van der Waals surface area (Å²) in [5.74, 6) is 7.54. The van der Waals surface area contributed by atoms with Crippen molar-refractivity contribution in [1.29, 1.82) is 0 Å². The van der Waals surface area contributed by atoms with Crippen LogP contribution in [-0.4, -0.2) is 29.9 Å². The van der Waals surface area contributed by atoms with Gasteiger partial charge in [0.1, 0.15) is 23.0 Å². The van der Waals surface area contributed by atoms with E-state index in [1.54, 1.807) is 111 Å². The summed E-state index contributed by atoms with van der Waals surface area (Å²) in [7, 11) is 8.74. The molecule has 20 heteroatoms. The minimum absolute atomic E-state index is 0.0155. The molecule has 4 aromatic heterocycles. The first kappa shape index (κ1) is 79.9. The number of aromatic nitrogens is 6. The number of rotatable bonds is 10. The summed E-state index contributed by atoms with van der Waals surface area (Å²) >= 11 is 3.20. The predicted octanol–water partition coefficient (Wildman–Crippen LogP) is 21.4. The van der Waals surface area contributed by atoms with Gasteiger partial charge in [0.05, 0.1) is 11.4 Å². The number of aryl methyl sites for hydroxylation is 2. The Morgan fingerprint density at radius 3 is 0.991 bits per heavy atom. The van der Waals surface area contributed by atoms with E-state index in [1.165, 1.54) is 68.5 Å². The predicted molar refractivity (Wildman–Crippen MR) is 417 cm³/mol. The van der Waals surface area contributed by atoms with Gasteiger partial charge in [0, 0.05) is 67.2 Å². The number of benzene rings is 10. The largest absolute Gasteiger partial charge is 0.0622 e. The molecule has 0 saturated carbocycles. The molecule has 0 amide bonds. The van der Waals surface area contributed by atoms with E-state index in [2.05, 4.69) is 246 Å². The van der Waals surface area contributed by atoms with Gasteiger partial charge in [0.15, 0.2) is 11.6 Å². The first-order valence-corrected chi connectivity index (χ1v) is 39.6. The molecule has 14 rings (SSSR count). The molecule has 0 spiro atoms. The van der Waals surface area contributed by atoms with Crippen LogP contribution in [0, 0.1) is 49.7 Å². The van der Waals surface area contributed by atoms with Crippen LogP contribution in [0.1, 0.15) is 39.5 Å². The van der Waals surface area contributed by atoms with Gasteiger partial charge in [-0.3, -0.25) is 9.97 Å². The van der Waals surface area contributed by atoms with Crippen LogP contribution in [0.5, 0.6) is 0 Å². The van der Waals surface area contributed by atoms with Crippen LogP contribution in [0.25, 0.3) is 45.3 Å². The van der Waals surface area contributed by atoms with Gasteiger partial charge in [-0.15, -0.1) is 6.42 Å². The van der Waals surface area contributed by atoms with Gasteiger partial charge in [-0.1, -0.05) is 240 Å². The van der Waals surface area contributed by atoms with Gasteiger partial charge in [-0.05, 0) is 171 Å². The number of alkyl halides is 6. The molecular weight excluding hydrogens is 1590 g/mol. The van der Waals surface area contributed by atoms with Crippen molar-refractivity contribution >= 4 is 82.7 Å². The first-order chi connectivity index (χ1) is 51.2. The second-order valence-corrected chi connectivity index (χ2v) is 30.2. The fourth-order valence-corrected chi connectivity index (χ4v) is 14.9. The molecule has 10 aromatic carbocycles. The number of hydrogen-bond donors (Lipinski definition) is 0. The minimum Gasteiger partial charge on any atom is -0.0622 e. The molecule has 0 bridgehead atoms. The average molecular weight is 1650 g/mol. The Bertz CT molecular complexity index is 4850. The zero-order chi connectivity index (χ0) is 75.3. The van der Waals surface area contributed by atoms with E-state index in [-0.39, 0.29) is 50.6 Å². The minimum atomic E-state index is -4.63. The molecule has 0 aliphatic heterocycles. The van der Waals surface area contributed by atoms with Crippen LogP contribution in [0.3, 0.4) is 0 Å². The number of terminal acetylenes is 1. The summed E-state index contributed by atoms with van der Waals surface area (Å²) in [5, 5.41) is 8.39. The molecule has 0 aliphatic carbocycles. The Balaban J connectivity index is 0.000000158. The van der Waals surface area contributed by atoms with Gasteiger partial charge in [-0.25, -0.2) is 28.7 Å². The monoisotopic (exact) mass is 1650 g/mol. The van der Waals surface area contributed by atoms with Crippen LogP contribution in [0.4, 0.5) is 35.1 Å². The first-order valence-electron chi connectivity index (χ1n) is 32.1. The van der Waals surface area contributed by atoms with E-state index < -0.39 is 39.6 Å². The van der Waals surface area contributed by atoms with Gasteiger partial charge < -0.3 is 0 Å². The smallest absolute Gasteiger partial charge is 0.0134 e. The molecule has 0 radical (unpaired) electrons. The Morgan fingerprint density at radius 1 is 0.358 bits per heavy atom. The maximum atomic E-state index is 13.5. The van der Waals surface area contributed by atoms with Crippen molar-refractivity contribution in [3.05, 3.63) is 383 Å². The third kappa shape index (κ3) is 24.7. The van der Waals surface area contributed by atoms with Crippen molar-refractivity contribution in [2.75, 3.05) is 0 Å². The fraction of sp³-hybridized carbons (Fsp3) is 0.0465. The summed E-state index contributed by atoms with van der Waals surface area (Å²) in [6.07, 6.45) is -1.19. The zero-order valence-electron chi connectivity index (χ0n) is 56.3. The maximum Gasteiger partial charge on any atom is -0.0134 e. The van der Waals surface area contributed by atoms with Crippen LogP contribution < -0.4 is 31.8 Å². The third-order valence-electron chi connectivity index (χ3n) is 14.9. The summed E-state index contributed by atoms with van der Waals surface area (Å²) in [5.41, 5.74) is 3.52. The van der Waals surface area contributed by atoms with Gasteiger partial charge in [0.25, 0.3) is 0 Å². The topological polar surface area (TPSA) is 77.3 Å². The summed E-state index contributed by atoms with van der Waals surface area (Å²) < 4.78 is 106. The molecule has 0 aliphatic rings. The van der Waals surface area contributed by atoms with Crippen molar-refractivity contribution < 1.29 is 51.1 Å². The second kappa shape index (κ2) is 40.3. The molecule has 532 valence electrons. The normalized spacial score (nSPS) is 10.7. The van der Waals surface area contributed by atoms with E-state index >= 15 is 0 Å². The van der Waals surface area contributed by atoms with Crippen molar-refractivity contribution in [3.63, 3.8) is 0 Å².